The molecule has 6 heteroatoms. The van der Waals surface area contributed by atoms with Crippen LogP contribution in [0.3, 0.4) is 0 Å². The monoisotopic (exact) mass is 397 g/mol. The number of aromatic nitrogens is 2. The molecule has 1 N–H and O–H groups in total. The molecule has 1 amide bonds. The van der Waals surface area contributed by atoms with Gasteiger partial charge in [-0.15, -0.1) is 0 Å². The number of hydrogen-bond acceptors (Lipinski definition) is 3. The van der Waals surface area contributed by atoms with Gasteiger partial charge in [-0.05, 0) is 42.8 Å². The summed E-state index contributed by atoms with van der Waals surface area (Å²) in [5.74, 6) is -0.353. The molecule has 25 heavy (non-hydrogen) atoms. The first-order valence-corrected chi connectivity index (χ1v) is 8.51. The molecular weight excluding hydrogens is 382 g/mol. The molecule has 0 atom stereocenters. The zero-order valence-corrected chi connectivity index (χ0v) is 15.2. The Morgan fingerprint density at radius 2 is 1.72 bits per heavy atom. The average molecular weight is 398 g/mol. The van der Waals surface area contributed by atoms with Crippen molar-refractivity contribution in [3.05, 3.63) is 92.3 Å². The maximum atomic E-state index is 12.4. The maximum Gasteiger partial charge on any atom is 0.276 e. The summed E-state index contributed by atoms with van der Waals surface area (Å²) in [5, 5.41) is 6.96. The van der Waals surface area contributed by atoms with Crippen LogP contribution in [-0.4, -0.2) is 15.7 Å². The second kappa shape index (κ2) is 7.44. The minimum Gasteiger partial charge on any atom is -0.321 e. The average Bonchev–Trinajstić information content (AvgIpc) is 2.60. The lowest BCUT2D eigenvalue weighted by Crippen LogP contribution is -2.26. The summed E-state index contributed by atoms with van der Waals surface area (Å²) in [6.07, 6.45) is 0. The van der Waals surface area contributed by atoms with Crippen molar-refractivity contribution in [1.29, 1.82) is 0 Å². The number of amides is 1. The number of halogens is 1. The second-order valence-electron chi connectivity index (χ2n) is 5.66. The Bertz CT molecular complexity index is 948. The number of anilines is 1. The van der Waals surface area contributed by atoms with E-state index in [4.69, 9.17) is 0 Å². The normalized spacial score (nSPS) is 10.5. The van der Waals surface area contributed by atoms with Crippen molar-refractivity contribution in [1.82, 2.24) is 9.78 Å². The summed E-state index contributed by atoms with van der Waals surface area (Å²) in [5.41, 5.74) is 2.66. The molecular formula is C19H16BrN3O2. The molecule has 0 aliphatic carbocycles. The van der Waals surface area contributed by atoms with Crippen LogP contribution in [0.5, 0.6) is 0 Å². The van der Waals surface area contributed by atoms with Gasteiger partial charge in [-0.1, -0.05) is 45.8 Å². The maximum absolute atomic E-state index is 12.4. The molecule has 0 fully saturated rings. The number of rotatable bonds is 4. The molecule has 0 saturated heterocycles. The van der Waals surface area contributed by atoms with Gasteiger partial charge in [-0.3, -0.25) is 9.59 Å². The second-order valence-corrected chi connectivity index (χ2v) is 6.58. The van der Waals surface area contributed by atoms with Crippen molar-refractivity contribution in [2.75, 3.05) is 5.32 Å². The van der Waals surface area contributed by atoms with E-state index in [1.807, 2.05) is 55.5 Å². The minimum atomic E-state index is -0.353. The first-order valence-electron chi connectivity index (χ1n) is 7.72. The van der Waals surface area contributed by atoms with Crippen LogP contribution in [0.4, 0.5) is 5.69 Å². The van der Waals surface area contributed by atoms with Crippen LogP contribution in [0.1, 0.15) is 21.6 Å². The molecule has 2 aromatic carbocycles. The Labute approximate surface area is 153 Å². The van der Waals surface area contributed by atoms with Gasteiger partial charge in [0.25, 0.3) is 11.5 Å². The Hall–Kier alpha value is -2.73. The van der Waals surface area contributed by atoms with Crippen molar-refractivity contribution < 1.29 is 4.79 Å². The highest BCUT2D eigenvalue weighted by Crippen LogP contribution is 2.12. The predicted molar refractivity (Wildman–Crippen MR) is 101 cm³/mol. The van der Waals surface area contributed by atoms with Crippen LogP contribution in [0.25, 0.3) is 0 Å². The van der Waals surface area contributed by atoms with E-state index in [2.05, 4.69) is 26.3 Å². The fourth-order valence-electron chi connectivity index (χ4n) is 2.28. The molecule has 0 unspecified atom stereocenters. The van der Waals surface area contributed by atoms with E-state index in [-0.39, 0.29) is 17.2 Å². The van der Waals surface area contributed by atoms with Gasteiger partial charge in [-0.2, -0.15) is 5.10 Å². The third kappa shape index (κ3) is 4.42. The first kappa shape index (κ1) is 17.1. The molecule has 3 aromatic rings. The molecule has 0 radical (unpaired) electrons. The van der Waals surface area contributed by atoms with Crippen LogP contribution in [0, 0.1) is 6.92 Å². The Morgan fingerprint density at radius 3 is 2.40 bits per heavy atom. The SMILES string of the molecule is Cc1ccc(NC(=O)c2ccc(=O)n(Cc3ccc(Br)cc3)n2)cc1. The highest BCUT2D eigenvalue weighted by Gasteiger charge is 2.10. The van der Waals surface area contributed by atoms with Crippen molar-refractivity contribution in [3.63, 3.8) is 0 Å². The van der Waals surface area contributed by atoms with Crippen LogP contribution >= 0.6 is 15.9 Å². The van der Waals surface area contributed by atoms with Gasteiger partial charge in [0.1, 0.15) is 5.69 Å². The minimum absolute atomic E-state index is 0.192. The van der Waals surface area contributed by atoms with Crippen molar-refractivity contribution in [2.24, 2.45) is 0 Å². The summed E-state index contributed by atoms with van der Waals surface area (Å²) in [6.45, 7) is 2.28. The molecule has 3 rings (SSSR count). The third-order valence-corrected chi connectivity index (χ3v) is 4.18. The molecule has 0 aliphatic rings. The van der Waals surface area contributed by atoms with Gasteiger partial charge in [0, 0.05) is 16.2 Å². The van der Waals surface area contributed by atoms with E-state index >= 15 is 0 Å². The fraction of sp³-hybridized carbons (Fsp3) is 0.105. The van der Waals surface area contributed by atoms with Crippen LogP contribution in [0.2, 0.25) is 0 Å². The largest absolute Gasteiger partial charge is 0.321 e. The molecule has 1 heterocycles. The van der Waals surface area contributed by atoms with Gasteiger partial charge in [0.05, 0.1) is 6.54 Å². The van der Waals surface area contributed by atoms with Gasteiger partial charge >= 0.3 is 0 Å². The summed E-state index contributed by atoms with van der Waals surface area (Å²) in [6, 6.07) is 17.9. The lowest BCUT2D eigenvalue weighted by atomic mass is 10.2. The first-order chi connectivity index (χ1) is 12.0. The number of aryl methyl sites for hydroxylation is 1. The molecule has 1 aromatic heterocycles. The summed E-state index contributed by atoms with van der Waals surface area (Å²) >= 11 is 3.37. The van der Waals surface area contributed by atoms with Crippen LogP contribution < -0.4 is 10.9 Å². The van der Waals surface area contributed by atoms with Crippen LogP contribution in [-0.2, 0) is 6.54 Å². The van der Waals surface area contributed by atoms with Crippen molar-refractivity contribution in [3.8, 4) is 0 Å². The number of nitrogens with zero attached hydrogens (tertiary/aromatic N) is 2. The molecule has 0 aliphatic heterocycles. The lowest BCUT2D eigenvalue weighted by Gasteiger charge is -2.08. The number of carbonyl (C=O) groups excluding carboxylic acids is 1. The molecule has 0 spiro atoms. The molecule has 0 bridgehead atoms. The molecule has 5 nitrogen and oxygen atoms in total. The van der Waals surface area contributed by atoms with E-state index in [0.29, 0.717) is 12.2 Å². The van der Waals surface area contributed by atoms with E-state index < -0.39 is 0 Å². The molecule has 126 valence electrons. The van der Waals surface area contributed by atoms with E-state index in [9.17, 15) is 9.59 Å². The summed E-state index contributed by atoms with van der Waals surface area (Å²) in [7, 11) is 0. The Kier molecular flexibility index (Phi) is 5.09. The van der Waals surface area contributed by atoms with Crippen LogP contribution in [0.15, 0.2) is 69.9 Å². The van der Waals surface area contributed by atoms with E-state index in [0.717, 1.165) is 15.6 Å². The lowest BCUT2D eigenvalue weighted by molar-refractivity contribution is 0.102. The van der Waals surface area contributed by atoms with E-state index in [1.54, 1.807) is 0 Å². The summed E-state index contributed by atoms with van der Waals surface area (Å²) in [4.78, 5) is 24.4. The zero-order valence-electron chi connectivity index (χ0n) is 13.6. The topological polar surface area (TPSA) is 64.0 Å². The van der Waals surface area contributed by atoms with E-state index in [1.165, 1.54) is 16.8 Å². The number of hydrogen-bond donors (Lipinski definition) is 1. The number of benzene rings is 2. The van der Waals surface area contributed by atoms with Gasteiger partial charge in [-0.25, -0.2) is 4.68 Å². The number of nitrogens with one attached hydrogen (secondary N) is 1. The highest BCUT2D eigenvalue weighted by atomic mass is 79.9. The third-order valence-electron chi connectivity index (χ3n) is 3.65. The van der Waals surface area contributed by atoms with Crippen molar-refractivity contribution >= 4 is 27.5 Å². The van der Waals surface area contributed by atoms with Gasteiger partial charge < -0.3 is 5.32 Å². The fourth-order valence-corrected chi connectivity index (χ4v) is 2.54. The summed E-state index contributed by atoms with van der Waals surface area (Å²) < 4.78 is 2.25. The zero-order chi connectivity index (χ0) is 17.8. The quantitative estimate of drug-likeness (QED) is 0.730. The number of carbonyl (C=O) groups is 1. The highest BCUT2D eigenvalue weighted by molar-refractivity contribution is 9.10. The van der Waals surface area contributed by atoms with Crippen molar-refractivity contribution in [2.45, 2.75) is 13.5 Å². The Balaban J connectivity index is 1.80. The van der Waals surface area contributed by atoms with Gasteiger partial charge in [0.15, 0.2) is 0 Å². The van der Waals surface area contributed by atoms with Gasteiger partial charge in [0.2, 0.25) is 0 Å². The molecule has 0 saturated carbocycles. The standard InChI is InChI=1S/C19H16BrN3O2/c1-13-2-8-16(9-3-13)21-19(25)17-10-11-18(24)23(22-17)12-14-4-6-15(20)7-5-14/h2-11H,12H2,1H3,(H,21,25). The Morgan fingerprint density at radius 1 is 1.04 bits per heavy atom. The predicted octanol–water partition coefficient (Wildman–Crippen LogP) is 3.61. The smallest absolute Gasteiger partial charge is 0.276 e.